The molecule has 0 radical (unpaired) electrons. The van der Waals surface area contributed by atoms with Gasteiger partial charge in [0.1, 0.15) is 117 Å². The van der Waals surface area contributed by atoms with E-state index in [0.717, 1.165) is 142 Å². The van der Waals surface area contributed by atoms with Gasteiger partial charge in [-0.3, -0.25) is 19.2 Å². The van der Waals surface area contributed by atoms with Crippen LogP contribution in [0.15, 0.2) is 244 Å². The van der Waals surface area contributed by atoms with Crippen molar-refractivity contribution in [3.05, 3.63) is 244 Å². The number of anilines is 4. The highest BCUT2D eigenvalue weighted by Crippen LogP contribution is 2.44. The molecule has 0 bridgehead atoms. The summed E-state index contributed by atoms with van der Waals surface area (Å²) in [6, 6.07) is 69.6. The maximum atomic E-state index is 12.2. The van der Waals surface area contributed by atoms with Crippen LogP contribution < -0.4 is 57.8 Å². The molecule has 720 valence electrons. The van der Waals surface area contributed by atoms with Gasteiger partial charge in [0.05, 0.1) is 83.2 Å². The molecule has 4 fully saturated rings. The fraction of sp³-hybridized carbons (Fsp3) is 0.308. The van der Waals surface area contributed by atoms with Crippen LogP contribution in [0.4, 0.5) is 23.3 Å². The molecular formula is C104H112N24O11S. The van der Waals surface area contributed by atoms with Crippen molar-refractivity contribution in [3.8, 4) is 91.0 Å². The Kier molecular flexibility index (Phi) is 31.3. The molecule has 140 heavy (non-hydrogen) atoms. The summed E-state index contributed by atoms with van der Waals surface area (Å²) in [5.41, 5.74) is 34.3. The van der Waals surface area contributed by atoms with E-state index in [2.05, 4.69) is 55.8 Å². The number of nitrogens with one attached hydrogen (secondary N) is 3. The van der Waals surface area contributed by atoms with Crippen LogP contribution in [0.3, 0.4) is 0 Å². The Labute approximate surface area is 812 Å². The van der Waals surface area contributed by atoms with E-state index in [0.29, 0.717) is 139 Å². The summed E-state index contributed by atoms with van der Waals surface area (Å²) in [6.45, 7) is 10.8. The van der Waals surface area contributed by atoms with E-state index in [1.54, 1.807) is 16.7 Å². The predicted molar refractivity (Wildman–Crippen MR) is 538 cm³/mol. The number of hydrogen-bond acceptors (Lipinski definition) is 28. The van der Waals surface area contributed by atoms with E-state index in [9.17, 15) is 19.2 Å². The lowest BCUT2D eigenvalue weighted by Gasteiger charge is -2.28. The van der Waals surface area contributed by atoms with Gasteiger partial charge in [-0.25, -0.2) is 58.6 Å². The van der Waals surface area contributed by atoms with Gasteiger partial charge in [0.25, 0.3) is 0 Å². The zero-order valence-corrected chi connectivity index (χ0v) is 79.3. The average Bonchev–Trinajstić information content (AvgIpc) is 1.62. The Bertz CT molecular complexity index is 6680. The lowest BCUT2D eigenvalue weighted by atomic mass is 10.1. The maximum Gasteiger partial charge on any atom is 0.222 e. The Morgan fingerprint density at radius 1 is 0.379 bits per heavy atom. The number of fused-ring (bicyclic) bond motifs is 4. The first kappa shape index (κ1) is 96.2. The topological polar surface area (TPSA) is 451 Å². The summed E-state index contributed by atoms with van der Waals surface area (Å²) in [4.78, 5) is 84.2. The number of ether oxygens (including phenoxy) is 7. The fourth-order valence-corrected chi connectivity index (χ4v) is 18.5. The third-order valence-corrected chi connectivity index (χ3v) is 25.7. The monoisotopic (exact) mass is 1900 g/mol. The molecule has 20 rings (SSSR count). The van der Waals surface area contributed by atoms with Gasteiger partial charge in [0.15, 0.2) is 22.6 Å². The third kappa shape index (κ3) is 23.3. The number of likely N-dealkylation sites (N-methyl/N-ethyl adjacent to an activating group) is 1. The van der Waals surface area contributed by atoms with E-state index >= 15 is 0 Å². The lowest BCUT2D eigenvalue weighted by molar-refractivity contribution is -0.131. The minimum atomic E-state index is -0.0721. The molecule has 12 heterocycles. The number of thioether (sulfide) groups is 1. The summed E-state index contributed by atoms with van der Waals surface area (Å²) in [6.07, 6.45) is 14.2. The molecule has 4 saturated heterocycles. The standard InChI is InChI=1S/C27H30N6O3.2C26H28N6O3.C25H26N6O2S/c1-3-7-23(34)32(2)15-22-14-19(16-35-22)33-27-24(26(28)29-17-30-27)25(31-33)18-10-12-21(13-11-18)36-20-8-5-4-6-9-20;2*1-2-6-22(33)28-14-21-13-18(15-34-21)32-26-23(25(27)29-16-30-26)24(31-32)17-9-11-20(12-10-17)35-19-7-4-3-5-8-19;1-2-20(32)29-17-10-13-21(34-14-17)31-25-22(24(26)27-15-28-25)23(30-31)16-8-11-19(12-9-16)33-18-6-4-3-5-7-18/h4-6,8-13,17,19,22H,3,7,14-16H2,1-2H3,(H2,28,29,30);2*3-5,7-12,16,18,21H,2,6,13-15H2,1H3,(H,28,33)(H2,27,29,30);3-9,11-12,15,17,21H,2,10,13-14H2,1H3,(H,29,32)(H2,26,27,28). The number of nitrogens with two attached hydrogens (primary N) is 4. The molecule has 8 aromatic heterocycles. The van der Waals surface area contributed by atoms with Gasteiger partial charge in [-0.1, -0.05) is 100 Å². The Morgan fingerprint density at radius 2 is 0.679 bits per heavy atom. The van der Waals surface area contributed by atoms with Crippen molar-refractivity contribution >= 4 is 103 Å². The average molecular weight is 1910 g/mol. The SMILES string of the molecule is CCC(=O)NC1CCC(n2nc(-c3ccc(Oc4ccccc4)cc3)c3c(N)ncnc32)SC1.CCCC(=O)N(C)CC1CC(n2nc(-c3ccc(Oc4ccccc4)cc3)c3c(N)ncnc32)CO1.CCCC(=O)NCC1CC(n2nc(-c3ccc(Oc4ccccc4)cc3)c3c(N)ncnc32)CO1.CCCC(=O)NCC1CC(n2nc(-c3ccc(Oc4ccccc4)cc3)c3c(N)ncnc32)CO1. The summed E-state index contributed by atoms with van der Waals surface area (Å²) in [5.74, 6) is 8.73. The van der Waals surface area contributed by atoms with Gasteiger partial charge in [0, 0.05) is 106 Å². The molecule has 8 aromatic carbocycles. The van der Waals surface area contributed by atoms with Crippen LogP contribution in [0.1, 0.15) is 128 Å². The van der Waals surface area contributed by atoms with Crippen molar-refractivity contribution in [1.82, 2.24) is 99.8 Å². The largest absolute Gasteiger partial charge is 0.457 e. The highest BCUT2D eigenvalue weighted by Gasteiger charge is 2.36. The van der Waals surface area contributed by atoms with Crippen LogP contribution in [0.2, 0.25) is 0 Å². The molecule has 8 unspecified atom stereocenters. The second kappa shape index (κ2) is 45.6. The van der Waals surface area contributed by atoms with E-state index in [1.165, 1.54) is 25.3 Å². The lowest BCUT2D eigenvalue weighted by Crippen LogP contribution is -2.39. The highest BCUT2D eigenvalue weighted by atomic mass is 32.2. The molecule has 16 aromatic rings. The summed E-state index contributed by atoms with van der Waals surface area (Å²) >= 11 is 1.77. The Hall–Kier alpha value is -15.5. The van der Waals surface area contributed by atoms with Crippen molar-refractivity contribution in [2.75, 3.05) is 75.2 Å². The predicted octanol–water partition coefficient (Wildman–Crippen LogP) is 17.5. The number of carbonyl (C=O) groups is 4. The van der Waals surface area contributed by atoms with Gasteiger partial charge in [-0.05, 0) is 178 Å². The Morgan fingerprint density at radius 3 is 0.986 bits per heavy atom. The van der Waals surface area contributed by atoms with Crippen LogP contribution in [-0.2, 0) is 33.4 Å². The minimum Gasteiger partial charge on any atom is -0.457 e. The molecule has 4 aliphatic rings. The molecule has 35 nitrogen and oxygen atoms in total. The summed E-state index contributed by atoms with van der Waals surface area (Å²) < 4.78 is 49.2. The van der Waals surface area contributed by atoms with Crippen LogP contribution in [0.25, 0.3) is 89.2 Å². The number of rotatable bonds is 30. The number of nitrogens with zero attached hydrogens (tertiary/aromatic N) is 17. The number of carbonyl (C=O) groups excluding carboxylic acids is 4. The van der Waals surface area contributed by atoms with E-state index in [1.807, 2.05) is 272 Å². The van der Waals surface area contributed by atoms with Gasteiger partial charge in [0.2, 0.25) is 23.6 Å². The number of hydrogen-bond donors (Lipinski definition) is 7. The maximum absolute atomic E-state index is 12.2. The first-order valence-electron chi connectivity index (χ1n) is 47.2. The second-order valence-electron chi connectivity index (χ2n) is 34.4. The van der Waals surface area contributed by atoms with Crippen molar-refractivity contribution in [2.24, 2.45) is 0 Å². The van der Waals surface area contributed by atoms with Crippen LogP contribution in [0, 0.1) is 0 Å². The molecule has 11 N–H and O–H groups in total. The molecular weight excluding hydrogens is 1790 g/mol. The number of para-hydroxylation sites is 4. The van der Waals surface area contributed by atoms with Gasteiger partial charge >= 0.3 is 0 Å². The second-order valence-corrected chi connectivity index (χ2v) is 35.6. The van der Waals surface area contributed by atoms with E-state index in [4.69, 9.17) is 76.5 Å². The molecule has 36 heteroatoms. The number of aromatic nitrogens is 16. The van der Waals surface area contributed by atoms with Crippen molar-refractivity contribution in [3.63, 3.8) is 0 Å². The molecule has 0 saturated carbocycles. The fourth-order valence-electron chi connectivity index (χ4n) is 17.2. The van der Waals surface area contributed by atoms with Crippen LogP contribution >= 0.6 is 11.8 Å². The summed E-state index contributed by atoms with van der Waals surface area (Å²) in [5, 5.41) is 31.7. The smallest absolute Gasteiger partial charge is 0.222 e. The number of nitrogen functional groups attached to an aromatic ring is 4. The van der Waals surface area contributed by atoms with E-state index < -0.39 is 0 Å². The van der Waals surface area contributed by atoms with Crippen molar-refractivity contribution in [1.29, 1.82) is 0 Å². The first-order valence-corrected chi connectivity index (χ1v) is 48.3. The van der Waals surface area contributed by atoms with Crippen LogP contribution in [0.5, 0.6) is 46.0 Å². The molecule has 4 aliphatic heterocycles. The normalized spacial score (nSPS) is 17.6. The summed E-state index contributed by atoms with van der Waals surface area (Å²) in [7, 11) is 1.83. The van der Waals surface area contributed by atoms with E-state index in [-0.39, 0.29) is 71.5 Å². The zero-order valence-electron chi connectivity index (χ0n) is 78.5. The van der Waals surface area contributed by atoms with Crippen LogP contribution in [-0.4, -0.2) is 184 Å². The van der Waals surface area contributed by atoms with Crippen molar-refractivity contribution in [2.45, 2.75) is 153 Å². The third-order valence-electron chi connectivity index (χ3n) is 24.3. The van der Waals surface area contributed by atoms with Crippen molar-refractivity contribution < 1.29 is 52.3 Å². The van der Waals surface area contributed by atoms with Gasteiger partial charge in [-0.15, -0.1) is 11.8 Å². The molecule has 0 spiro atoms. The highest BCUT2D eigenvalue weighted by molar-refractivity contribution is 7.99. The quantitative estimate of drug-likeness (QED) is 0.0220. The zero-order chi connectivity index (χ0) is 97.0. The molecule has 0 aliphatic carbocycles. The van der Waals surface area contributed by atoms with Gasteiger partial charge < -0.3 is 76.9 Å². The first-order chi connectivity index (χ1) is 68.4. The van der Waals surface area contributed by atoms with Gasteiger partial charge in [-0.2, -0.15) is 20.4 Å². The molecule has 8 atom stereocenters. The minimum absolute atomic E-state index is 0.0177. The Balaban J connectivity index is 0.000000129. The number of amides is 4. The number of benzene rings is 8. The molecule has 4 amide bonds.